The van der Waals surface area contributed by atoms with E-state index in [9.17, 15) is 0 Å². The van der Waals surface area contributed by atoms with E-state index in [0.29, 0.717) is 0 Å². The number of rotatable bonds is 4. The van der Waals surface area contributed by atoms with Crippen LogP contribution in [-0.2, 0) is 6.42 Å². The van der Waals surface area contributed by atoms with Crippen molar-refractivity contribution in [1.29, 1.82) is 0 Å². The van der Waals surface area contributed by atoms with E-state index in [1.807, 2.05) is 24.3 Å². The molecule has 0 atom stereocenters. The Balaban J connectivity index is 2.64. The molecule has 1 aromatic rings. The fourth-order valence-corrected chi connectivity index (χ4v) is 1.08. The maximum absolute atomic E-state index is 4.85. The zero-order chi connectivity index (χ0) is 8.81. The first-order chi connectivity index (χ1) is 5.86. The van der Waals surface area contributed by atoms with Crippen molar-refractivity contribution in [3.63, 3.8) is 0 Å². The first-order valence-electron chi connectivity index (χ1n) is 4.08. The fourth-order valence-electron chi connectivity index (χ4n) is 1.08. The standard InChI is InChI=1S/C10H13NO/c1-3-4-9-5-7-10(8-6-9)12-11-2/h5-8H,2-4H2,1H3. The van der Waals surface area contributed by atoms with Gasteiger partial charge in [0.2, 0.25) is 0 Å². The van der Waals surface area contributed by atoms with Gasteiger partial charge in [-0.1, -0.05) is 30.6 Å². The van der Waals surface area contributed by atoms with Gasteiger partial charge in [0.05, 0.1) is 0 Å². The Bertz CT molecular complexity index is 241. The minimum absolute atomic E-state index is 0.741. The van der Waals surface area contributed by atoms with Crippen molar-refractivity contribution in [3.05, 3.63) is 29.8 Å². The highest BCUT2D eigenvalue weighted by atomic mass is 16.6. The predicted molar refractivity (Wildman–Crippen MR) is 50.6 cm³/mol. The number of oxime groups is 1. The monoisotopic (exact) mass is 163 g/mol. The summed E-state index contributed by atoms with van der Waals surface area (Å²) in [5.74, 6) is 0.741. The maximum Gasteiger partial charge on any atom is 0.157 e. The largest absolute Gasteiger partial charge is 0.358 e. The van der Waals surface area contributed by atoms with Gasteiger partial charge in [-0.05, 0) is 24.1 Å². The van der Waals surface area contributed by atoms with E-state index in [1.54, 1.807) is 0 Å². The van der Waals surface area contributed by atoms with Gasteiger partial charge >= 0.3 is 0 Å². The quantitative estimate of drug-likeness (QED) is 0.494. The second-order valence-corrected chi connectivity index (χ2v) is 2.61. The number of hydrogen-bond donors (Lipinski definition) is 0. The Morgan fingerprint density at radius 3 is 2.50 bits per heavy atom. The Morgan fingerprint density at radius 1 is 1.33 bits per heavy atom. The molecule has 1 rings (SSSR count). The molecule has 0 saturated heterocycles. The Labute approximate surface area is 72.9 Å². The molecule has 0 bridgehead atoms. The first-order valence-corrected chi connectivity index (χ1v) is 4.08. The van der Waals surface area contributed by atoms with Crippen LogP contribution in [0.15, 0.2) is 29.4 Å². The van der Waals surface area contributed by atoms with Crippen molar-refractivity contribution in [2.24, 2.45) is 5.16 Å². The normalized spacial score (nSPS) is 9.42. The molecule has 2 nitrogen and oxygen atoms in total. The van der Waals surface area contributed by atoms with E-state index in [-0.39, 0.29) is 0 Å². The van der Waals surface area contributed by atoms with Gasteiger partial charge in [-0.15, -0.1) is 0 Å². The number of benzene rings is 1. The third-order valence-corrected chi connectivity index (χ3v) is 1.63. The summed E-state index contributed by atoms with van der Waals surface area (Å²) in [7, 11) is 0. The summed E-state index contributed by atoms with van der Waals surface area (Å²) in [6.45, 7) is 5.40. The smallest absolute Gasteiger partial charge is 0.157 e. The van der Waals surface area contributed by atoms with Crippen molar-refractivity contribution in [3.8, 4) is 5.75 Å². The van der Waals surface area contributed by atoms with Gasteiger partial charge in [0, 0.05) is 6.72 Å². The van der Waals surface area contributed by atoms with E-state index in [2.05, 4.69) is 18.8 Å². The molecule has 0 saturated carbocycles. The lowest BCUT2D eigenvalue weighted by Crippen LogP contribution is -1.84. The van der Waals surface area contributed by atoms with E-state index in [1.165, 1.54) is 12.0 Å². The molecule has 0 fully saturated rings. The molecule has 0 amide bonds. The zero-order valence-corrected chi connectivity index (χ0v) is 7.29. The molecule has 0 unspecified atom stereocenters. The molecule has 0 aliphatic rings. The maximum atomic E-state index is 4.85. The van der Waals surface area contributed by atoms with Crippen molar-refractivity contribution < 1.29 is 4.84 Å². The van der Waals surface area contributed by atoms with Crippen LogP contribution in [0.4, 0.5) is 0 Å². The summed E-state index contributed by atoms with van der Waals surface area (Å²) >= 11 is 0. The lowest BCUT2D eigenvalue weighted by Gasteiger charge is -1.99. The second-order valence-electron chi connectivity index (χ2n) is 2.61. The average molecular weight is 163 g/mol. The predicted octanol–water partition coefficient (Wildman–Crippen LogP) is 2.63. The van der Waals surface area contributed by atoms with Gasteiger partial charge in [0.1, 0.15) is 0 Å². The van der Waals surface area contributed by atoms with Crippen LogP contribution in [-0.4, -0.2) is 6.72 Å². The van der Waals surface area contributed by atoms with Crippen LogP contribution in [0.2, 0.25) is 0 Å². The lowest BCUT2D eigenvalue weighted by molar-refractivity contribution is 0.345. The van der Waals surface area contributed by atoms with Crippen molar-refractivity contribution >= 4 is 6.72 Å². The molecule has 0 aromatic heterocycles. The van der Waals surface area contributed by atoms with Crippen LogP contribution in [0, 0.1) is 0 Å². The third kappa shape index (κ3) is 2.38. The van der Waals surface area contributed by atoms with Crippen molar-refractivity contribution in [2.75, 3.05) is 0 Å². The molecule has 12 heavy (non-hydrogen) atoms. The lowest BCUT2D eigenvalue weighted by atomic mass is 10.1. The van der Waals surface area contributed by atoms with Crippen LogP contribution in [0.1, 0.15) is 18.9 Å². The summed E-state index contributed by atoms with van der Waals surface area (Å²) in [5, 5.41) is 3.33. The summed E-state index contributed by atoms with van der Waals surface area (Å²) < 4.78 is 0. The third-order valence-electron chi connectivity index (χ3n) is 1.63. The van der Waals surface area contributed by atoms with Crippen molar-refractivity contribution in [2.45, 2.75) is 19.8 Å². The van der Waals surface area contributed by atoms with Gasteiger partial charge in [-0.2, -0.15) is 0 Å². The van der Waals surface area contributed by atoms with Crippen LogP contribution in [0.5, 0.6) is 5.75 Å². The highest BCUT2D eigenvalue weighted by molar-refractivity contribution is 5.28. The van der Waals surface area contributed by atoms with Gasteiger partial charge in [0.15, 0.2) is 5.75 Å². The minimum Gasteiger partial charge on any atom is -0.358 e. The molecule has 0 heterocycles. The molecule has 0 N–H and O–H groups in total. The SMILES string of the molecule is C=NOc1ccc(CCC)cc1. The van der Waals surface area contributed by atoms with Gasteiger partial charge < -0.3 is 4.84 Å². The number of nitrogens with zero attached hydrogens (tertiary/aromatic N) is 1. The van der Waals surface area contributed by atoms with Crippen LogP contribution >= 0.6 is 0 Å². The van der Waals surface area contributed by atoms with Crippen LogP contribution in [0.3, 0.4) is 0 Å². The molecule has 1 aromatic carbocycles. The van der Waals surface area contributed by atoms with Gasteiger partial charge in [-0.3, -0.25) is 0 Å². The molecule has 2 heteroatoms. The summed E-state index contributed by atoms with van der Waals surface area (Å²) in [6, 6.07) is 7.90. The fraction of sp³-hybridized carbons (Fsp3) is 0.300. The Morgan fingerprint density at radius 2 is 2.00 bits per heavy atom. The summed E-state index contributed by atoms with van der Waals surface area (Å²) in [5.41, 5.74) is 1.33. The molecule has 0 spiro atoms. The minimum atomic E-state index is 0.741. The molecular formula is C10H13NO. The summed E-state index contributed by atoms with van der Waals surface area (Å²) in [4.78, 5) is 4.85. The average Bonchev–Trinajstić information content (AvgIpc) is 2.09. The van der Waals surface area contributed by atoms with E-state index >= 15 is 0 Å². The second kappa shape index (κ2) is 4.54. The van der Waals surface area contributed by atoms with Crippen LogP contribution in [0.25, 0.3) is 0 Å². The van der Waals surface area contributed by atoms with Gasteiger partial charge in [0.25, 0.3) is 0 Å². The highest BCUT2D eigenvalue weighted by Gasteiger charge is 1.92. The summed E-state index contributed by atoms with van der Waals surface area (Å²) in [6.07, 6.45) is 2.28. The Kier molecular flexibility index (Phi) is 3.33. The van der Waals surface area contributed by atoms with E-state index < -0.39 is 0 Å². The molecule has 0 aliphatic carbocycles. The number of aryl methyl sites for hydroxylation is 1. The highest BCUT2D eigenvalue weighted by Crippen LogP contribution is 2.12. The molecular weight excluding hydrogens is 150 g/mol. The first kappa shape index (κ1) is 8.78. The zero-order valence-electron chi connectivity index (χ0n) is 7.29. The molecule has 64 valence electrons. The van der Waals surface area contributed by atoms with Gasteiger partial charge in [-0.25, -0.2) is 0 Å². The van der Waals surface area contributed by atoms with Crippen LogP contribution < -0.4 is 4.84 Å². The number of hydrogen-bond acceptors (Lipinski definition) is 2. The van der Waals surface area contributed by atoms with E-state index in [0.717, 1.165) is 12.2 Å². The molecule has 0 aliphatic heterocycles. The molecule has 0 radical (unpaired) electrons. The Hall–Kier alpha value is -1.31. The van der Waals surface area contributed by atoms with Crippen molar-refractivity contribution in [1.82, 2.24) is 0 Å². The topological polar surface area (TPSA) is 21.6 Å². The van der Waals surface area contributed by atoms with E-state index in [4.69, 9.17) is 4.84 Å².